The van der Waals surface area contributed by atoms with E-state index >= 15 is 0 Å². The number of rotatable bonds is 4. The Labute approximate surface area is 103 Å². The predicted molar refractivity (Wildman–Crippen MR) is 69.0 cm³/mol. The summed E-state index contributed by atoms with van der Waals surface area (Å²) in [4.78, 5) is 0. The van der Waals surface area contributed by atoms with Crippen molar-refractivity contribution in [2.75, 3.05) is 20.3 Å². The summed E-state index contributed by atoms with van der Waals surface area (Å²) in [7, 11) is 1.67. The van der Waals surface area contributed by atoms with Crippen LogP contribution < -0.4 is 4.74 Å². The van der Waals surface area contributed by atoms with E-state index in [2.05, 4.69) is 28.1 Å². The molecular weight excluding hydrogens is 268 g/mol. The fourth-order valence-corrected chi connectivity index (χ4v) is 2.15. The predicted octanol–water partition coefficient (Wildman–Crippen LogP) is 3.63. The summed E-state index contributed by atoms with van der Waals surface area (Å²) in [5.74, 6) is 0.864. The fourth-order valence-electron chi connectivity index (χ4n) is 1.56. The number of hydrogen-bond donors (Lipinski definition) is 0. The summed E-state index contributed by atoms with van der Waals surface area (Å²) in [5.41, 5.74) is 0. The van der Waals surface area contributed by atoms with Crippen molar-refractivity contribution in [2.24, 2.45) is 0 Å². The molecule has 0 aromatic heterocycles. The number of fused-ring (bicyclic) bond motifs is 1. The molecule has 2 aromatic rings. The van der Waals surface area contributed by atoms with E-state index in [0.717, 1.165) is 10.2 Å². The Morgan fingerprint density at radius 2 is 1.94 bits per heavy atom. The van der Waals surface area contributed by atoms with Crippen molar-refractivity contribution in [3.05, 3.63) is 40.9 Å². The standard InChI is InChI=1S/C13H13BrO2/c1-15-6-7-16-11-8-10-4-2-3-5-12(10)13(14)9-11/h2-5,8-9H,6-7H2,1H3. The van der Waals surface area contributed by atoms with Crippen molar-refractivity contribution in [1.29, 1.82) is 0 Å². The molecule has 3 heteroatoms. The molecule has 2 nitrogen and oxygen atoms in total. The van der Waals surface area contributed by atoms with Crippen LogP contribution in [0.2, 0.25) is 0 Å². The Kier molecular flexibility index (Phi) is 3.80. The quantitative estimate of drug-likeness (QED) is 0.797. The fraction of sp³-hybridized carbons (Fsp3) is 0.231. The average Bonchev–Trinajstić information content (AvgIpc) is 2.30. The first kappa shape index (κ1) is 11.4. The van der Waals surface area contributed by atoms with E-state index in [4.69, 9.17) is 9.47 Å². The summed E-state index contributed by atoms with van der Waals surface area (Å²) in [6.07, 6.45) is 0. The highest BCUT2D eigenvalue weighted by molar-refractivity contribution is 9.10. The molecule has 0 bridgehead atoms. The lowest BCUT2D eigenvalue weighted by Crippen LogP contribution is -2.04. The van der Waals surface area contributed by atoms with Crippen LogP contribution >= 0.6 is 15.9 Å². The molecule has 0 aliphatic carbocycles. The highest BCUT2D eigenvalue weighted by Crippen LogP contribution is 2.29. The minimum atomic E-state index is 0.571. The Morgan fingerprint density at radius 3 is 2.75 bits per heavy atom. The lowest BCUT2D eigenvalue weighted by atomic mass is 10.1. The Bertz CT molecular complexity index is 482. The lowest BCUT2D eigenvalue weighted by molar-refractivity contribution is 0.146. The number of ether oxygens (including phenoxy) is 2. The summed E-state index contributed by atoms with van der Waals surface area (Å²) >= 11 is 3.55. The zero-order valence-electron chi connectivity index (χ0n) is 9.07. The smallest absolute Gasteiger partial charge is 0.121 e. The first-order chi connectivity index (χ1) is 7.81. The van der Waals surface area contributed by atoms with Gasteiger partial charge >= 0.3 is 0 Å². The molecule has 2 rings (SSSR count). The number of hydrogen-bond acceptors (Lipinski definition) is 2. The summed E-state index contributed by atoms with van der Waals surface area (Å²) in [5, 5.41) is 2.37. The van der Waals surface area contributed by atoms with Gasteiger partial charge in [-0.05, 0) is 22.9 Å². The molecule has 0 atom stereocenters. The highest BCUT2D eigenvalue weighted by atomic mass is 79.9. The van der Waals surface area contributed by atoms with Crippen molar-refractivity contribution in [1.82, 2.24) is 0 Å². The molecule has 0 unspecified atom stereocenters. The van der Waals surface area contributed by atoms with Gasteiger partial charge in [-0.3, -0.25) is 0 Å². The van der Waals surface area contributed by atoms with E-state index in [1.54, 1.807) is 7.11 Å². The van der Waals surface area contributed by atoms with Gasteiger partial charge in [0.1, 0.15) is 12.4 Å². The van der Waals surface area contributed by atoms with Gasteiger partial charge in [0.15, 0.2) is 0 Å². The second-order valence-corrected chi connectivity index (χ2v) is 4.32. The van der Waals surface area contributed by atoms with Crippen molar-refractivity contribution in [3.8, 4) is 5.75 Å². The van der Waals surface area contributed by atoms with Crippen LogP contribution in [-0.2, 0) is 4.74 Å². The SMILES string of the molecule is COCCOc1cc(Br)c2ccccc2c1. The normalized spacial score (nSPS) is 10.6. The van der Waals surface area contributed by atoms with Crippen molar-refractivity contribution in [3.63, 3.8) is 0 Å². The van der Waals surface area contributed by atoms with Crippen molar-refractivity contribution >= 4 is 26.7 Å². The molecule has 0 aliphatic heterocycles. The molecule has 0 heterocycles. The van der Waals surface area contributed by atoms with Crippen molar-refractivity contribution < 1.29 is 9.47 Å². The highest BCUT2D eigenvalue weighted by Gasteiger charge is 2.02. The van der Waals surface area contributed by atoms with Crippen LogP contribution in [0, 0.1) is 0 Å². The first-order valence-corrected chi connectivity index (χ1v) is 5.90. The molecule has 0 N–H and O–H groups in total. The second kappa shape index (κ2) is 5.32. The van der Waals surface area contributed by atoms with Gasteiger partial charge in [-0.15, -0.1) is 0 Å². The third-order valence-electron chi connectivity index (χ3n) is 2.34. The van der Waals surface area contributed by atoms with Crippen LogP contribution in [0.25, 0.3) is 10.8 Å². The third kappa shape index (κ3) is 2.54. The molecule has 0 saturated carbocycles. The van der Waals surface area contributed by atoms with Gasteiger partial charge in [0.2, 0.25) is 0 Å². The van der Waals surface area contributed by atoms with E-state index in [1.165, 1.54) is 10.8 Å². The van der Waals surface area contributed by atoms with Gasteiger partial charge in [0.25, 0.3) is 0 Å². The van der Waals surface area contributed by atoms with Gasteiger partial charge in [0.05, 0.1) is 6.61 Å². The summed E-state index contributed by atoms with van der Waals surface area (Å²) < 4.78 is 11.6. The van der Waals surface area contributed by atoms with Gasteiger partial charge in [0, 0.05) is 11.6 Å². The third-order valence-corrected chi connectivity index (χ3v) is 3.00. The van der Waals surface area contributed by atoms with Gasteiger partial charge in [-0.25, -0.2) is 0 Å². The molecule has 0 amide bonds. The Balaban J connectivity index is 2.27. The van der Waals surface area contributed by atoms with E-state index in [0.29, 0.717) is 13.2 Å². The zero-order chi connectivity index (χ0) is 11.4. The Hall–Kier alpha value is -1.06. The van der Waals surface area contributed by atoms with E-state index in [-0.39, 0.29) is 0 Å². The molecule has 0 saturated heterocycles. The molecule has 0 spiro atoms. The molecule has 0 fully saturated rings. The zero-order valence-corrected chi connectivity index (χ0v) is 10.7. The monoisotopic (exact) mass is 280 g/mol. The minimum Gasteiger partial charge on any atom is -0.491 e. The van der Waals surface area contributed by atoms with E-state index in [9.17, 15) is 0 Å². The lowest BCUT2D eigenvalue weighted by Gasteiger charge is -2.08. The van der Waals surface area contributed by atoms with E-state index in [1.807, 2.05) is 24.3 Å². The average molecular weight is 281 g/mol. The maximum absolute atomic E-state index is 5.58. The number of methoxy groups -OCH3 is 1. The molecule has 0 radical (unpaired) electrons. The molecule has 84 valence electrons. The van der Waals surface area contributed by atoms with Crippen molar-refractivity contribution in [2.45, 2.75) is 0 Å². The summed E-state index contributed by atoms with van der Waals surface area (Å²) in [6, 6.07) is 12.2. The van der Waals surface area contributed by atoms with Gasteiger partial charge in [-0.2, -0.15) is 0 Å². The maximum atomic E-state index is 5.58. The largest absolute Gasteiger partial charge is 0.491 e. The number of halogens is 1. The minimum absolute atomic E-state index is 0.571. The van der Waals surface area contributed by atoms with Crippen LogP contribution in [0.3, 0.4) is 0 Å². The first-order valence-electron chi connectivity index (χ1n) is 5.11. The van der Waals surface area contributed by atoms with Crippen LogP contribution in [0.1, 0.15) is 0 Å². The molecular formula is C13H13BrO2. The molecule has 2 aromatic carbocycles. The van der Waals surface area contributed by atoms with Crippen LogP contribution in [0.5, 0.6) is 5.75 Å². The van der Waals surface area contributed by atoms with Crippen LogP contribution in [0.4, 0.5) is 0 Å². The maximum Gasteiger partial charge on any atom is 0.121 e. The topological polar surface area (TPSA) is 18.5 Å². The van der Waals surface area contributed by atoms with Gasteiger partial charge < -0.3 is 9.47 Å². The Morgan fingerprint density at radius 1 is 1.12 bits per heavy atom. The van der Waals surface area contributed by atoms with Crippen LogP contribution in [0.15, 0.2) is 40.9 Å². The van der Waals surface area contributed by atoms with E-state index < -0.39 is 0 Å². The second-order valence-electron chi connectivity index (χ2n) is 3.47. The number of benzene rings is 2. The van der Waals surface area contributed by atoms with Gasteiger partial charge in [-0.1, -0.05) is 40.2 Å². The molecule has 0 aliphatic rings. The summed E-state index contributed by atoms with van der Waals surface area (Å²) in [6.45, 7) is 1.17. The van der Waals surface area contributed by atoms with Crippen LogP contribution in [-0.4, -0.2) is 20.3 Å². The molecule has 16 heavy (non-hydrogen) atoms.